The van der Waals surface area contributed by atoms with E-state index in [-0.39, 0.29) is 5.91 Å². The van der Waals surface area contributed by atoms with Crippen LogP contribution < -0.4 is 10.2 Å². The fourth-order valence-corrected chi connectivity index (χ4v) is 2.50. The number of anilines is 2. The zero-order chi connectivity index (χ0) is 11.7. The van der Waals surface area contributed by atoms with Gasteiger partial charge in [0.15, 0.2) is 0 Å². The molecule has 2 rings (SSSR count). The Hall–Kier alpha value is -1.36. The first kappa shape index (κ1) is 11.1. The van der Waals surface area contributed by atoms with Crippen molar-refractivity contribution in [2.45, 2.75) is 13.3 Å². The van der Waals surface area contributed by atoms with Gasteiger partial charge in [-0.25, -0.2) is 0 Å². The van der Waals surface area contributed by atoms with Crippen molar-refractivity contribution in [3.05, 3.63) is 22.2 Å². The number of hydrogen-bond donors (Lipinski definition) is 1. The van der Waals surface area contributed by atoms with Gasteiger partial charge >= 0.3 is 0 Å². The number of amides is 2. The van der Waals surface area contributed by atoms with Crippen LogP contribution in [-0.2, 0) is 16.0 Å². The monoisotopic (exact) mass is 282 g/mol. The van der Waals surface area contributed by atoms with E-state index in [0.29, 0.717) is 18.6 Å². The van der Waals surface area contributed by atoms with Crippen molar-refractivity contribution in [1.82, 2.24) is 0 Å². The highest BCUT2D eigenvalue weighted by Crippen LogP contribution is 2.38. The van der Waals surface area contributed by atoms with Crippen LogP contribution >= 0.6 is 15.9 Å². The molecule has 0 saturated heterocycles. The Kier molecular flexibility index (Phi) is 2.96. The Labute approximate surface area is 102 Å². The highest BCUT2D eigenvalue weighted by atomic mass is 79.9. The summed E-state index contributed by atoms with van der Waals surface area (Å²) >= 11 is 3.38. The molecule has 0 atom stereocenters. The summed E-state index contributed by atoms with van der Waals surface area (Å²) in [5, 5.41) is 2.63. The molecule has 2 amide bonds. The molecule has 1 N–H and O–H groups in total. The smallest absolute Gasteiger partial charge is 0.223 e. The molecule has 1 aromatic rings. The van der Waals surface area contributed by atoms with E-state index in [0.717, 1.165) is 22.1 Å². The molecule has 0 fully saturated rings. The molecular formula is C11H11BrN2O2. The quantitative estimate of drug-likeness (QED) is 0.843. The van der Waals surface area contributed by atoms with E-state index < -0.39 is 0 Å². The van der Waals surface area contributed by atoms with Gasteiger partial charge in [-0.2, -0.15) is 0 Å². The molecule has 84 valence electrons. The molecule has 16 heavy (non-hydrogen) atoms. The van der Waals surface area contributed by atoms with Gasteiger partial charge < -0.3 is 10.2 Å². The molecule has 0 spiro atoms. The standard InChI is InChI=1S/C11H11BrN2O2/c1-7(16)14-3-2-8-4-9(12)5-10(11(8)14)13-6-15/h4-6H,2-3H2,1H3,(H,13,15). The molecule has 1 aliphatic heterocycles. The molecule has 0 saturated carbocycles. The van der Waals surface area contributed by atoms with E-state index in [9.17, 15) is 9.59 Å². The lowest BCUT2D eigenvalue weighted by molar-refractivity contribution is -0.116. The van der Waals surface area contributed by atoms with Gasteiger partial charge in [0.2, 0.25) is 12.3 Å². The maximum absolute atomic E-state index is 11.4. The minimum Gasteiger partial charge on any atom is -0.327 e. The van der Waals surface area contributed by atoms with Crippen molar-refractivity contribution >= 4 is 39.6 Å². The molecule has 0 aliphatic carbocycles. The summed E-state index contributed by atoms with van der Waals surface area (Å²) in [7, 11) is 0. The molecule has 1 aromatic carbocycles. The van der Waals surface area contributed by atoms with E-state index in [2.05, 4.69) is 21.2 Å². The number of nitrogens with zero attached hydrogens (tertiary/aromatic N) is 1. The average Bonchev–Trinajstić information content (AvgIpc) is 2.61. The zero-order valence-corrected chi connectivity index (χ0v) is 10.4. The highest BCUT2D eigenvalue weighted by Gasteiger charge is 2.25. The van der Waals surface area contributed by atoms with E-state index >= 15 is 0 Å². The van der Waals surface area contributed by atoms with Crippen LogP contribution in [0.2, 0.25) is 0 Å². The maximum atomic E-state index is 11.4. The summed E-state index contributed by atoms with van der Waals surface area (Å²) in [6, 6.07) is 3.78. The van der Waals surface area contributed by atoms with Crippen LogP contribution in [0.25, 0.3) is 0 Å². The summed E-state index contributed by atoms with van der Waals surface area (Å²) in [5.74, 6) is -0.00461. The molecule has 0 bridgehead atoms. The average molecular weight is 283 g/mol. The molecular weight excluding hydrogens is 272 g/mol. The molecule has 4 nitrogen and oxygen atoms in total. The van der Waals surface area contributed by atoms with Crippen molar-refractivity contribution < 1.29 is 9.59 Å². The van der Waals surface area contributed by atoms with Crippen molar-refractivity contribution in [3.8, 4) is 0 Å². The van der Waals surface area contributed by atoms with Gasteiger partial charge in [0, 0.05) is 17.9 Å². The summed E-state index contributed by atoms with van der Waals surface area (Å²) in [6.07, 6.45) is 1.45. The number of fused-ring (bicyclic) bond motifs is 1. The number of carbonyl (C=O) groups is 2. The number of hydrogen-bond acceptors (Lipinski definition) is 2. The first-order chi connectivity index (χ1) is 7.63. The van der Waals surface area contributed by atoms with Gasteiger partial charge in [0.25, 0.3) is 0 Å². The van der Waals surface area contributed by atoms with Crippen LogP contribution in [0, 0.1) is 0 Å². The van der Waals surface area contributed by atoms with Gasteiger partial charge in [-0.15, -0.1) is 0 Å². The van der Waals surface area contributed by atoms with Crippen LogP contribution in [0.4, 0.5) is 11.4 Å². The second-order valence-electron chi connectivity index (χ2n) is 3.64. The normalized spacial score (nSPS) is 13.5. The van der Waals surface area contributed by atoms with E-state index in [4.69, 9.17) is 0 Å². The number of carbonyl (C=O) groups excluding carboxylic acids is 2. The lowest BCUT2D eigenvalue weighted by Crippen LogP contribution is -2.26. The number of halogens is 1. The van der Waals surface area contributed by atoms with Crippen LogP contribution in [0.15, 0.2) is 16.6 Å². The fraction of sp³-hybridized carbons (Fsp3) is 0.273. The third-order valence-corrected chi connectivity index (χ3v) is 3.08. The molecule has 0 radical (unpaired) electrons. The lowest BCUT2D eigenvalue weighted by Gasteiger charge is -2.18. The summed E-state index contributed by atoms with van der Waals surface area (Å²) in [5.41, 5.74) is 2.57. The van der Waals surface area contributed by atoms with Crippen LogP contribution in [-0.4, -0.2) is 18.9 Å². The van der Waals surface area contributed by atoms with Gasteiger partial charge in [-0.05, 0) is 24.1 Å². The molecule has 0 unspecified atom stereocenters. The third kappa shape index (κ3) is 1.82. The van der Waals surface area contributed by atoms with Crippen molar-refractivity contribution in [3.63, 3.8) is 0 Å². The van der Waals surface area contributed by atoms with E-state index in [1.54, 1.807) is 11.0 Å². The van der Waals surface area contributed by atoms with Crippen LogP contribution in [0.1, 0.15) is 12.5 Å². The topological polar surface area (TPSA) is 49.4 Å². The largest absolute Gasteiger partial charge is 0.327 e. The van der Waals surface area contributed by atoms with Crippen LogP contribution in [0.5, 0.6) is 0 Å². The molecule has 0 aromatic heterocycles. The number of benzene rings is 1. The van der Waals surface area contributed by atoms with Crippen molar-refractivity contribution in [1.29, 1.82) is 0 Å². The highest BCUT2D eigenvalue weighted by molar-refractivity contribution is 9.10. The fourth-order valence-electron chi connectivity index (χ4n) is 2.00. The Morgan fingerprint density at radius 1 is 1.56 bits per heavy atom. The van der Waals surface area contributed by atoms with E-state index in [1.807, 2.05) is 6.07 Å². The van der Waals surface area contributed by atoms with Gasteiger partial charge in [0.1, 0.15) is 0 Å². The van der Waals surface area contributed by atoms with Crippen molar-refractivity contribution in [2.75, 3.05) is 16.8 Å². The predicted octanol–water partition coefficient (Wildman–Crippen LogP) is 1.93. The van der Waals surface area contributed by atoms with Gasteiger partial charge in [-0.1, -0.05) is 15.9 Å². The molecule has 5 heteroatoms. The Morgan fingerprint density at radius 2 is 2.31 bits per heavy atom. The minimum absolute atomic E-state index is 0.00461. The Bertz CT molecular complexity index is 460. The second kappa shape index (κ2) is 4.25. The zero-order valence-electron chi connectivity index (χ0n) is 8.79. The van der Waals surface area contributed by atoms with Gasteiger partial charge in [-0.3, -0.25) is 9.59 Å². The SMILES string of the molecule is CC(=O)N1CCc2cc(Br)cc(NC=O)c21. The second-order valence-corrected chi connectivity index (χ2v) is 4.56. The number of rotatable bonds is 2. The molecule has 1 heterocycles. The number of nitrogens with one attached hydrogen (secondary N) is 1. The Balaban J connectivity index is 2.53. The first-order valence-corrected chi connectivity index (χ1v) is 5.73. The minimum atomic E-state index is -0.00461. The predicted molar refractivity (Wildman–Crippen MR) is 65.6 cm³/mol. The third-order valence-electron chi connectivity index (χ3n) is 2.62. The summed E-state index contributed by atoms with van der Waals surface area (Å²) in [6.45, 7) is 2.20. The van der Waals surface area contributed by atoms with Crippen LogP contribution in [0.3, 0.4) is 0 Å². The molecule has 1 aliphatic rings. The van der Waals surface area contributed by atoms with E-state index in [1.165, 1.54) is 6.92 Å². The van der Waals surface area contributed by atoms with Gasteiger partial charge in [0.05, 0.1) is 11.4 Å². The Morgan fingerprint density at radius 3 is 2.94 bits per heavy atom. The summed E-state index contributed by atoms with van der Waals surface area (Å²) in [4.78, 5) is 23.7. The van der Waals surface area contributed by atoms with Crippen molar-refractivity contribution in [2.24, 2.45) is 0 Å². The first-order valence-electron chi connectivity index (χ1n) is 4.94. The maximum Gasteiger partial charge on any atom is 0.223 e. The lowest BCUT2D eigenvalue weighted by atomic mass is 10.1. The summed E-state index contributed by atoms with van der Waals surface area (Å²) < 4.78 is 0.904.